The number of fused-ring (bicyclic) bond motifs is 2. The maximum atomic E-state index is 13.0. The Labute approximate surface area is 167 Å². The van der Waals surface area contributed by atoms with Crippen LogP contribution in [0.1, 0.15) is 35.6 Å². The summed E-state index contributed by atoms with van der Waals surface area (Å²) in [7, 11) is 0. The van der Waals surface area contributed by atoms with Crippen LogP contribution in [-0.2, 0) is 22.6 Å². The molecule has 29 heavy (non-hydrogen) atoms. The Bertz CT molecular complexity index is 931. The smallest absolute Gasteiger partial charge is 0.243 e. The maximum absolute atomic E-state index is 13.0. The largest absolute Gasteiger partial charge is 0.454 e. The van der Waals surface area contributed by atoms with Crippen LogP contribution in [-0.4, -0.2) is 39.9 Å². The van der Waals surface area contributed by atoms with Gasteiger partial charge < -0.3 is 19.5 Å². The van der Waals surface area contributed by atoms with E-state index in [9.17, 15) is 14.7 Å². The fraction of sp³-hybridized carbons (Fsp3) is 0.333. The van der Waals surface area contributed by atoms with E-state index >= 15 is 0 Å². The van der Waals surface area contributed by atoms with E-state index in [0.29, 0.717) is 17.9 Å². The number of hydrogen-bond acceptors (Lipinski definition) is 6. The molecule has 0 saturated carbocycles. The minimum atomic E-state index is -0.739. The molecule has 0 aromatic heterocycles. The summed E-state index contributed by atoms with van der Waals surface area (Å²) in [5.41, 5.74) is 4.27. The number of ether oxygens (including phenoxy) is 2. The number of nitrogens with one attached hydrogen (secondary N) is 1. The molecule has 2 aromatic carbocycles. The fourth-order valence-electron chi connectivity index (χ4n) is 3.93. The van der Waals surface area contributed by atoms with E-state index in [-0.39, 0.29) is 32.1 Å². The number of carbonyl (C=O) groups is 2. The van der Waals surface area contributed by atoms with Crippen molar-refractivity contribution in [2.24, 2.45) is 0 Å². The zero-order chi connectivity index (χ0) is 20.4. The highest BCUT2D eigenvalue weighted by atomic mass is 16.7. The van der Waals surface area contributed by atoms with Crippen LogP contribution in [0, 0.1) is 0 Å². The van der Waals surface area contributed by atoms with E-state index in [1.54, 1.807) is 16.4 Å². The lowest BCUT2D eigenvalue weighted by Crippen LogP contribution is -2.39. The highest BCUT2D eigenvalue weighted by Gasteiger charge is 2.37. The molecule has 0 saturated heterocycles. The number of hydrogen-bond donors (Lipinski definition) is 3. The van der Waals surface area contributed by atoms with E-state index in [4.69, 9.17) is 14.7 Å². The summed E-state index contributed by atoms with van der Waals surface area (Å²) in [6.07, 6.45) is -0.500. The third kappa shape index (κ3) is 3.90. The highest BCUT2D eigenvalue weighted by Crippen LogP contribution is 2.38. The number of aliphatic hydroxyl groups is 1. The van der Waals surface area contributed by atoms with Crippen molar-refractivity contribution in [1.82, 2.24) is 10.4 Å². The van der Waals surface area contributed by atoms with Crippen molar-refractivity contribution in [3.8, 4) is 11.5 Å². The Balaban J connectivity index is 1.62. The van der Waals surface area contributed by atoms with Crippen LogP contribution in [0.3, 0.4) is 0 Å². The maximum Gasteiger partial charge on any atom is 0.243 e. The lowest BCUT2D eigenvalue weighted by atomic mass is 10.0. The first-order valence-corrected chi connectivity index (χ1v) is 9.43. The summed E-state index contributed by atoms with van der Waals surface area (Å²) in [4.78, 5) is 26.0. The lowest BCUT2D eigenvalue weighted by molar-refractivity contribution is -0.140. The fourth-order valence-corrected chi connectivity index (χ4v) is 3.93. The zero-order valence-corrected chi connectivity index (χ0v) is 15.7. The monoisotopic (exact) mass is 398 g/mol. The van der Waals surface area contributed by atoms with Gasteiger partial charge in [0.25, 0.3) is 0 Å². The van der Waals surface area contributed by atoms with Crippen molar-refractivity contribution in [2.75, 3.05) is 6.79 Å². The van der Waals surface area contributed by atoms with Crippen molar-refractivity contribution < 1.29 is 29.4 Å². The number of hydroxylamine groups is 1. The van der Waals surface area contributed by atoms with Crippen molar-refractivity contribution in [3.63, 3.8) is 0 Å². The molecule has 1 aliphatic carbocycles. The van der Waals surface area contributed by atoms with Gasteiger partial charge in [0.2, 0.25) is 18.6 Å². The first kappa shape index (κ1) is 19.2. The molecule has 4 rings (SSSR count). The van der Waals surface area contributed by atoms with Crippen LogP contribution in [0.25, 0.3) is 0 Å². The molecule has 2 aromatic rings. The minimum Gasteiger partial charge on any atom is -0.454 e. The third-order valence-corrected chi connectivity index (χ3v) is 5.30. The average molecular weight is 398 g/mol. The predicted molar refractivity (Wildman–Crippen MR) is 101 cm³/mol. The van der Waals surface area contributed by atoms with Gasteiger partial charge in [0, 0.05) is 25.8 Å². The molecule has 2 atom stereocenters. The van der Waals surface area contributed by atoms with Gasteiger partial charge in [-0.15, -0.1) is 0 Å². The number of amides is 2. The van der Waals surface area contributed by atoms with Crippen molar-refractivity contribution in [2.45, 2.75) is 38.0 Å². The second-order valence-electron chi connectivity index (χ2n) is 7.16. The summed E-state index contributed by atoms with van der Waals surface area (Å²) in [6.45, 7) is 0.401. The molecule has 0 radical (unpaired) electrons. The second-order valence-corrected chi connectivity index (χ2v) is 7.16. The van der Waals surface area contributed by atoms with Crippen LogP contribution in [0.4, 0.5) is 0 Å². The number of carbonyl (C=O) groups excluding carboxylic acids is 2. The highest BCUT2D eigenvalue weighted by molar-refractivity contribution is 5.83. The van der Waals surface area contributed by atoms with Crippen molar-refractivity contribution in [3.05, 3.63) is 59.2 Å². The molecule has 1 heterocycles. The van der Waals surface area contributed by atoms with Crippen LogP contribution in [0.15, 0.2) is 42.5 Å². The average Bonchev–Trinajstić information content (AvgIpc) is 3.32. The molecular formula is C21H22N2O6. The second kappa shape index (κ2) is 8.10. The quantitative estimate of drug-likeness (QED) is 0.505. The van der Waals surface area contributed by atoms with Gasteiger partial charge in [0.1, 0.15) is 0 Å². The van der Waals surface area contributed by atoms with Crippen LogP contribution in [0.2, 0.25) is 0 Å². The van der Waals surface area contributed by atoms with Gasteiger partial charge in [-0.3, -0.25) is 14.8 Å². The van der Waals surface area contributed by atoms with E-state index < -0.39 is 18.1 Å². The van der Waals surface area contributed by atoms with E-state index in [2.05, 4.69) is 0 Å². The Kier molecular flexibility index (Phi) is 5.37. The topological polar surface area (TPSA) is 108 Å². The first-order chi connectivity index (χ1) is 14.1. The summed E-state index contributed by atoms with van der Waals surface area (Å²) in [6, 6.07) is 12.6. The summed E-state index contributed by atoms with van der Waals surface area (Å²) in [5, 5.41) is 19.4. The molecule has 0 unspecified atom stereocenters. The van der Waals surface area contributed by atoms with Gasteiger partial charge in [-0.1, -0.05) is 30.3 Å². The molecule has 2 aliphatic rings. The predicted octanol–water partition coefficient (Wildman–Crippen LogP) is 1.69. The van der Waals surface area contributed by atoms with E-state index in [1.165, 1.54) is 0 Å². The van der Waals surface area contributed by atoms with Gasteiger partial charge in [-0.2, -0.15) is 0 Å². The van der Waals surface area contributed by atoms with Crippen LogP contribution in [0.5, 0.6) is 11.5 Å². The lowest BCUT2D eigenvalue weighted by Gasteiger charge is -2.32. The molecule has 2 amide bonds. The molecule has 1 aliphatic heterocycles. The molecule has 152 valence electrons. The van der Waals surface area contributed by atoms with Crippen molar-refractivity contribution in [1.29, 1.82) is 0 Å². The number of rotatable bonds is 6. The van der Waals surface area contributed by atoms with E-state index in [0.717, 1.165) is 16.7 Å². The summed E-state index contributed by atoms with van der Waals surface area (Å²) < 4.78 is 10.8. The molecule has 0 spiro atoms. The summed E-state index contributed by atoms with van der Waals surface area (Å²) in [5.74, 6) is 0.347. The molecular weight excluding hydrogens is 376 g/mol. The number of benzene rings is 2. The number of aliphatic hydroxyl groups excluding tert-OH is 1. The van der Waals surface area contributed by atoms with E-state index in [1.807, 2.05) is 36.4 Å². The van der Waals surface area contributed by atoms with Crippen molar-refractivity contribution >= 4 is 11.8 Å². The first-order valence-electron chi connectivity index (χ1n) is 9.43. The summed E-state index contributed by atoms with van der Waals surface area (Å²) >= 11 is 0. The number of nitrogens with zero attached hydrogens (tertiary/aromatic N) is 1. The molecule has 0 fully saturated rings. The minimum absolute atomic E-state index is 0.0810. The zero-order valence-electron chi connectivity index (χ0n) is 15.7. The van der Waals surface area contributed by atoms with Crippen LogP contribution >= 0.6 is 0 Å². The van der Waals surface area contributed by atoms with Gasteiger partial charge in [0.15, 0.2) is 11.5 Å². The molecule has 3 N–H and O–H groups in total. The third-order valence-electron chi connectivity index (χ3n) is 5.30. The van der Waals surface area contributed by atoms with Gasteiger partial charge in [-0.05, 0) is 28.8 Å². The Morgan fingerprint density at radius 1 is 1.10 bits per heavy atom. The Hall–Kier alpha value is -3.10. The normalized spacial score (nSPS) is 19.0. The Morgan fingerprint density at radius 2 is 1.90 bits per heavy atom. The van der Waals surface area contributed by atoms with Gasteiger partial charge in [0.05, 0.1) is 12.1 Å². The SMILES string of the molecule is O=C(CCC(=O)N(Cc1ccc2c(c1)OCO2)[C@H]1c2ccccc2C[C@H]1O)NO. The van der Waals surface area contributed by atoms with Crippen LogP contribution < -0.4 is 15.0 Å². The van der Waals surface area contributed by atoms with Gasteiger partial charge in [-0.25, -0.2) is 5.48 Å². The Morgan fingerprint density at radius 3 is 2.72 bits per heavy atom. The molecule has 8 nitrogen and oxygen atoms in total. The van der Waals surface area contributed by atoms with Gasteiger partial charge >= 0.3 is 0 Å². The molecule has 0 bridgehead atoms. The molecule has 8 heteroatoms. The standard InChI is InChI=1S/C21H22N2O6/c24-16-10-14-3-1-2-4-15(14)21(16)23(20(26)8-7-19(25)22-27)11-13-5-6-17-18(9-13)29-12-28-17/h1-6,9,16,21,24,27H,7-8,10-12H2,(H,22,25)/t16-,21+/m1/s1.